The average Bonchev–Trinajstić information content (AvgIpc) is 3.76. The number of benzene rings is 8. The van der Waals surface area contributed by atoms with Crippen LogP contribution < -0.4 is 0 Å². The maximum Gasteiger partial charge on any atom is 0.164 e. The lowest BCUT2D eigenvalue weighted by atomic mass is 9.61. The van der Waals surface area contributed by atoms with Gasteiger partial charge in [-0.1, -0.05) is 158 Å². The van der Waals surface area contributed by atoms with E-state index in [1.54, 1.807) is 0 Å². The first-order chi connectivity index (χ1) is 26.8. The summed E-state index contributed by atoms with van der Waals surface area (Å²) < 4.78 is 6.31. The summed E-state index contributed by atoms with van der Waals surface area (Å²) in [6.07, 6.45) is 0. The zero-order valence-electron chi connectivity index (χ0n) is 29.0. The number of fused-ring (bicyclic) bond motifs is 12. The molecular weight excluding hydrogens is 659 g/mol. The van der Waals surface area contributed by atoms with Gasteiger partial charge < -0.3 is 4.42 Å². The van der Waals surface area contributed by atoms with Crippen molar-refractivity contribution in [1.82, 2.24) is 15.0 Å². The molecule has 2 aliphatic rings. The zero-order valence-corrected chi connectivity index (χ0v) is 29.0. The molecule has 4 heteroatoms. The van der Waals surface area contributed by atoms with E-state index in [0.717, 1.165) is 44.2 Å². The number of hydrogen-bond donors (Lipinski definition) is 0. The molecule has 8 aromatic carbocycles. The van der Waals surface area contributed by atoms with Gasteiger partial charge in [-0.25, -0.2) is 15.0 Å². The first-order valence-corrected chi connectivity index (χ1v) is 18.4. The van der Waals surface area contributed by atoms with Gasteiger partial charge in [-0.15, -0.1) is 0 Å². The third-order valence-electron chi connectivity index (χ3n) is 11.5. The monoisotopic (exact) mass is 687 g/mol. The van der Waals surface area contributed by atoms with Crippen molar-refractivity contribution >= 4 is 32.7 Å². The quantitative estimate of drug-likeness (QED) is 0.185. The van der Waals surface area contributed by atoms with Crippen LogP contribution in [0.25, 0.3) is 89.1 Å². The summed E-state index contributed by atoms with van der Waals surface area (Å²) >= 11 is 0. The van der Waals surface area contributed by atoms with Crippen molar-refractivity contribution in [2.45, 2.75) is 5.41 Å². The van der Waals surface area contributed by atoms with Gasteiger partial charge in [-0.3, -0.25) is 0 Å². The van der Waals surface area contributed by atoms with E-state index in [0.29, 0.717) is 17.5 Å². The fourth-order valence-corrected chi connectivity index (χ4v) is 9.37. The SMILES string of the molecule is c1ccc(-c2nc(-c3ccc4c(c3)oc3ccccc34)nc(-c3cccc4c3-c3ccccc3C43c4ccccc4-c4cccc5cccc3c45)n2)cc1. The second kappa shape index (κ2) is 10.9. The van der Waals surface area contributed by atoms with Gasteiger partial charge in [0.15, 0.2) is 17.5 Å². The third-order valence-corrected chi connectivity index (χ3v) is 11.5. The molecule has 0 saturated carbocycles. The van der Waals surface area contributed by atoms with Crippen LogP contribution >= 0.6 is 0 Å². The summed E-state index contributed by atoms with van der Waals surface area (Å²) in [6, 6.07) is 62.6. The van der Waals surface area contributed by atoms with Crippen LogP contribution in [0.2, 0.25) is 0 Å². The Morgan fingerprint density at radius 1 is 0.370 bits per heavy atom. The molecule has 2 heterocycles. The molecule has 2 aromatic heterocycles. The average molecular weight is 688 g/mol. The van der Waals surface area contributed by atoms with Crippen LogP contribution in [0.1, 0.15) is 22.3 Å². The highest BCUT2D eigenvalue weighted by atomic mass is 16.3. The topological polar surface area (TPSA) is 51.8 Å². The predicted molar refractivity (Wildman–Crippen MR) is 217 cm³/mol. The van der Waals surface area contributed by atoms with Gasteiger partial charge >= 0.3 is 0 Å². The summed E-state index contributed by atoms with van der Waals surface area (Å²) in [5, 5.41) is 4.72. The second-order valence-corrected chi connectivity index (χ2v) is 14.3. The van der Waals surface area contributed by atoms with E-state index in [-0.39, 0.29) is 0 Å². The van der Waals surface area contributed by atoms with Gasteiger partial charge in [0.1, 0.15) is 11.2 Å². The van der Waals surface area contributed by atoms with Crippen molar-refractivity contribution in [3.8, 4) is 56.4 Å². The van der Waals surface area contributed by atoms with Gasteiger partial charge in [0.25, 0.3) is 0 Å². The molecule has 0 aliphatic heterocycles. The number of nitrogens with zero attached hydrogens (tertiary/aromatic N) is 3. The van der Waals surface area contributed by atoms with Gasteiger partial charge in [0.05, 0.1) is 5.41 Å². The standard InChI is InChI=1S/C50H29N3O/c1-2-13-31(14-3-1)47-51-48(32-27-28-35-34-18-6-9-26-43(34)54-44(35)29-32)53-49(52-47)38-21-12-25-42-46(38)37-19-5-8-23-40(37)50(42)39-22-7-4-17-33(39)36-20-10-15-30-16-11-24-41(50)45(30)36/h1-29H. The van der Waals surface area contributed by atoms with Crippen LogP contribution in [0.15, 0.2) is 180 Å². The summed E-state index contributed by atoms with van der Waals surface area (Å²) in [5.41, 5.74) is 13.9. The van der Waals surface area contributed by atoms with Crippen molar-refractivity contribution in [2.24, 2.45) is 0 Å². The molecule has 10 aromatic rings. The Balaban J connectivity index is 1.15. The Labute approximate surface area is 311 Å². The third kappa shape index (κ3) is 3.89. The molecule has 250 valence electrons. The maximum atomic E-state index is 6.31. The van der Waals surface area contributed by atoms with Gasteiger partial charge in [-0.2, -0.15) is 0 Å². The maximum absolute atomic E-state index is 6.31. The summed E-state index contributed by atoms with van der Waals surface area (Å²) in [5.74, 6) is 1.86. The Morgan fingerprint density at radius 3 is 1.83 bits per heavy atom. The van der Waals surface area contributed by atoms with E-state index in [2.05, 4.69) is 140 Å². The summed E-state index contributed by atoms with van der Waals surface area (Å²) in [6.45, 7) is 0. The van der Waals surface area contributed by atoms with Crippen molar-refractivity contribution in [3.05, 3.63) is 198 Å². The number of rotatable bonds is 3. The van der Waals surface area contributed by atoms with Gasteiger partial charge in [0, 0.05) is 27.5 Å². The van der Waals surface area contributed by atoms with E-state index in [1.807, 2.05) is 36.4 Å². The molecule has 4 nitrogen and oxygen atoms in total. The number of aromatic nitrogens is 3. The highest BCUT2D eigenvalue weighted by Gasteiger charge is 2.50. The molecule has 0 fully saturated rings. The number of furan rings is 1. The van der Waals surface area contributed by atoms with Crippen LogP contribution in [-0.2, 0) is 5.41 Å². The number of hydrogen-bond acceptors (Lipinski definition) is 4. The molecule has 54 heavy (non-hydrogen) atoms. The van der Waals surface area contributed by atoms with E-state index < -0.39 is 5.41 Å². The molecule has 0 saturated heterocycles. The van der Waals surface area contributed by atoms with E-state index >= 15 is 0 Å². The predicted octanol–water partition coefficient (Wildman–Crippen LogP) is 12.3. The molecule has 1 atom stereocenters. The van der Waals surface area contributed by atoms with E-state index in [1.165, 1.54) is 49.7 Å². The minimum atomic E-state index is -0.531. The Kier molecular flexibility index (Phi) is 5.95. The Morgan fingerprint density at radius 2 is 0.963 bits per heavy atom. The fraction of sp³-hybridized carbons (Fsp3) is 0.0200. The lowest BCUT2D eigenvalue weighted by molar-refractivity contribution is 0.669. The van der Waals surface area contributed by atoms with Crippen molar-refractivity contribution in [1.29, 1.82) is 0 Å². The minimum Gasteiger partial charge on any atom is -0.456 e. The van der Waals surface area contributed by atoms with Gasteiger partial charge in [0.2, 0.25) is 0 Å². The van der Waals surface area contributed by atoms with Crippen molar-refractivity contribution in [3.63, 3.8) is 0 Å². The molecular formula is C50H29N3O. The summed E-state index contributed by atoms with van der Waals surface area (Å²) in [4.78, 5) is 15.7. The van der Waals surface area contributed by atoms with E-state index in [4.69, 9.17) is 19.4 Å². The molecule has 1 unspecified atom stereocenters. The van der Waals surface area contributed by atoms with Crippen molar-refractivity contribution < 1.29 is 4.42 Å². The molecule has 0 bridgehead atoms. The van der Waals surface area contributed by atoms with Crippen LogP contribution in [0.3, 0.4) is 0 Å². The largest absolute Gasteiger partial charge is 0.456 e. The van der Waals surface area contributed by atoms with Crippen LogP contribution in [0.5, 0.6) is 0 Å². The highest BCUT2D eigenvalue weighted by Crippen LogP contribution is 2.63. The fourth-order valence-electron chi connectivity index (χ4n) is 9.37. The molecule has 12 rings (SSSR count). The van der Waals surface area contributed by atoms with Crippen LogP contribution in [-0.4, -0.2) is 15.0 Å². The highest BCUT2D eigenvalue weighted by molar-refractivity contribution is 6.08. The lowest BCUT2D eigenvalue weighted by Crippen LogP contribution is -2.31. The normalized spacial score (nSPS) is 15.1. The zero-order chi connectivity index (χ0) is 35.4. The molecule has 2 aliphatic carbocycles. The van der Waals surface area contributed by atoms with Crippen LogP contribution in [0.4, 0.5) is 0 Å². The second-order valence-electron chi connectivity index (χ2n) is 14.3. The lowest BCUT2D eigenvalue weighted by Gasteiger charge is -2.40. The first-order valence-electron chi connectivity index (χ1n) is 18.4. The smallest absolute Gasteiger partial charge is 0.164 e. The summed E-state index contributed by atoms with van der Waals surface area (Å²) in [7, 11) is 0. The Bertz CT molecular complexity index is 3170. The van der Waals surface area contributed by atoms with Gasteiger partial charge in [-0.05, 0) is 73.5 Å². The van der Waals surface area contributed by atoms with Crippen molar-refractivity contribution in [2.75, 3.05) is 0 Å². The molecule has 0 radical (unpaired) electrons. The number of para-hydroxylation sites is 1. The first kappa shape index (κ1) is 29.4. The van der Waals surface area contributed by atoms with Crippen LogP contribution in [0, 0.1) is 0 Å². The molecule has 0 N–H and O–H groups in total. The molecule has 0 amide bonds. The Hall–Kier alpha value is -7.17. The molecule has 1 spiro atoms. The minimum absolute atomic E-state index is 0.531. The van der Waals surface area contributed by atoms with E-state index in [9.17, 15) is 0 Å².